The molecular weight excluding hydrogens is 330 g/mol. The van der Waals surface area contributed by atoms with Crippen LogP contribution in [0.3, 0.4) is 0 Å². The molecule has 0 aliphatic carbocycles. The van der Waals surface area contributed by atoms with Gasteiger partial charge in [-0.15, -0.1) is 0 Å². The van der Waals surface area contributed by atoms with Gasteiger partial charge in [-0.25, -0.2) is 8.78 Å². The van der Waals surface area contributed by atoms with Gasteiger partial charge in [0.25, 0.3) is 0 Å². The molecule has 0 atom stereocenters. The number of rotatable bonds is 7. The highest BCUT2D eigenvalue weighted by molar-refractivity contribution is 5.84. The van der Waals surface area contributed by atoms with Crippen molar-refractivity contribution in [1.82, 2.24) is 0 Å². The summed E-state index contributed by atoms with van der Waals surface area (Å²) in [4.78, 5) is 0. The third kappa shape index (κ3) is 4.10. The van der Waals surface area contributed by atoms with E-state index in [1.54, 1.807) is 6.07 Å². The molecule has 0 saturated heterocycles. The molecule has 3 aromatic carbocycles. The van der Waals surface area contributed by atoms with Gasteiger partial charge in [-0.2, -0.15) is 0 Å². The van der Waals surface area contributed by atoms with Gasteiger partial charge in [-0.1, -0.05) is 68.3 Å². The van der Waals surface area contributed by atoms with Crippen molar-refractivity contribution >= 4 is 0 Å². The van der Waals surface area contributed by atoms with Crippen LogP contribution >= 0.6 is 0 Å². The minimum absolute atomic E-state index is 0.259. The Morgan fingerprint density at radius 2 is 1.50 bits per heavy atom. The van der Waals surface area contributed by atoms with Crippen LogP contribution in [-0.2, 0) is 0 Å². The average molecular weight is 352 g/mol. The van der Waals surface area contributed by atoms with Crippen LogP contribution in [0.1, 0.15) is 26.2 Å². The Bertz CT molecular complexity index is 874. The first-order chi connectivity index (χ1) is 12.7. The zero-order valence-electron chi connectivity index (χ0n) is 14.8. The SMILES string of the molecule is CCCCCOc1cccc(-c2ccccc2-c2cccc(F)c2F)c1. The Kier molecular flexibility index (Phi) is 6.00. The minimum atomic E-state index is -0.842. The van der Waals surface area contributed by atoms with Crippen LogP contribution < -0.4 is 4.74 Å². The third-order valence-corrected chi connectivity index (χ3v) is 4.33. The highest BCUT2D eigenvalue weighted by atomic mass is 19.2. The summed E-state index contributed by atoms with van der Waals surface area (Å²) in [6.07, 6.45) is 3.31. The molecule has 0 bridgehead atoms. The van der Waals surface area contributed by atoms with E-state index in [4.69, 9.17) is 4.74 Å². The Morgan fingerprint density at radius 1 is 0.769 bits per heavy atom. The van der Waals surface area contributed by atoms with Gasteiger partial charge in [0.15, 0.2) is 11.6 Å². The first-order valence-corrected chi connectivity index (χ1v) is 8.97. The van der Waals surface area contributed by atoms with E-state index in [1.165, 1.54) is 6.07 Å². The zero-order valence-corrected chi connectivity index (χ0v) is 14.8. The van der Waals surface area contributed by atoms with E-state index < -0.39 is 11.6 Å². The molecule has 0 saturated carbocycles. The number of unbranched alkanes of at least 4 members (excludes halogenated alkanes) is 2. The summed E-state index contributed by atoms with van der Waals surface area (Å²) in [6, 6.07) is 19.4. The molecule has 0 radical (unpaired) electrons. The van der Waals surface area contributed by atoms with Gasteiger partial charge in [0.05, 0.1) is 6.61 Å². The fraction of sp³-hybridized carbons (Fsp3) is 0.217. The molecule has 0 fully saturated rings. The number of halogens is 2. The van der Waals surface area contributed by atoms with Gasteiger partial charge in [-0.05, 0) is 41.3 Å². The topological polar surface area (TPSA) is 9.23 Å². The lowest BCUT2D eigenvalue weighted by Crippen LogP contribution is -1.97. The lowest BCUT2D eigenvalue weighted by molar-refractivity contribution is 0.306. The van der Waals surface area contributed by atoms with E-state index in [9.17, 15) is 8.78 Å². The summed E-state index contributed by atoms with van der Waals surface area (Å²) >= 11 is 0. The Hall–Kier alpha value is -2.68. The quantitative estimate of drug-likeness (QED) is 0.422. The summed E-state index contributed by atoms with van der Waals surface area (Å²) in [5.41, 5.74) is 2.68. The molecule has 26 heavy (non-hydrogen) atoms. The van der Waals surface area contributed by atoms with Gasteiger partial charge in [0.1, 0.15) is 5.75 Å². The van der Waals surface area contributed by atoms with E-state index >= 15 is 0 Å². The summed E-state index contributed by atoms with van der Waals surface area (Å²) in [5, 5.41) is 0. The van der Waals surface area contributed by atoms with Crippen LogP contribution in [0, 0.1) is 11.6 Å². The molecule has 1 nitrogen and oxygen atoms in total. The summed E-state index contributed by atoms with van der Waals surface area (Å²) in [7, 11) is 0. The third-order valence-electron chi connectivity index (χ3n) is 4.33. The molecule has 0 spiro atoms. The second-order valence-electron chi connectivity index (χ2n) is 6.23. The van der Waals surface area contributed by atoms with Crippen molar-refractivity contribution in [3.05, 3.63) is 78.4 Å². The Balaban J connectivity index is 1.94. The van der Waals surface area contributed by atoms with Crippen LogP contribution in [0.15, 0.2) is 66.7 Å². The summed E-state index contributed by atoms with van der Waals surface area (Å²) in [6.45, 7) is 2.83. The van der Waals surface area contributed by atoms with E-state index in [1.807, 2.05) is 48.5 Å². The van der Waals surface area contributed by atoms with Crippen molar-refractivity contribution < 1.29 is 13.5 Å². The average Bonchev–Trinajstić information content (AvgIpc) is 2.68. The monoisotopic (exact) mass is 352 g/mol. The first kappa shape index (κ1) is 18.1. The van der Waals surface area contributed by atoms with Crippen LogP contribution in [0.4, 0.5) is 8.78 Å². The Morgan fingerprint density at radius 3 is 2.31 bits per heavy atom. The predicted octanol–water partition coefficient (Wildman–Crippen LogP) is 6.87. The van der Waals surface area contributed by atoms with Crippen molar-refractivity contribution in [1.29, 1.82) is 0 Å². The summed E-state index contributed by atoms with van der Waals surface area (Å²) in [5.74, 6) is -0.884. The molecule has 0 heterocycles. The summed E-state index contributed by atoms with van der Waals surface area (Å²) < 4.78 is 33.8. The highest BCUT2D eigenvalue weighted by Gasteiger charge is 2.14. The Labute approximate surface area is 153 Å². The normalized spacial score (nSPS) is 10.7. The number of hydrogen-bond donors (Lipinski definition) is 0. The molecule has 0 aromatic heterocycles. The van der Waals surface area contributed by atoms with Gasteiger partial charge in [0.2, 0.25) is 0 Å². The van der Waals surface area contributed by atoms with E-state index in [0.717, 1.165) is 42.2 Å². The van der Waals surface area contributed by atoms with Crippen LogP contribution in [0.25, 0.3) is 22.3 Å². The fourth-order valence-electron chi connectivity index (χ4n) is 2.98. The van der Waals surface area contributed by atoms with Crippen molar-refractivity contribution in [2.75, 3.05) is 6.61 Å². The van der Waals surface area contributed by atoms with Crippen molar-refractivity contribution in [2.24, 2.45) is 0 Å². The van der Waals surface area contributed by atoms with E-state index in [-0.39, 0.29) is 5.56 Å². The van der Waals surface area contributed by atoms with Gasteiger partial charge >= 0.3 is 0 Å². The number of hydrogen-bond acceptors (Lipinski definition) is 1. The van der Waals surface area contributed by atoms with Gasteiger partial charge in [0, 0.05) is 5.56 Å². The van der Waals surface area contributed by atoms with Crippen molar-refractivity contribution in [3.63, 3.8) is 0 Å². The molecule has 0 unspecified atom stereocenters. The maximum absolute atomic E-state index is 14.3. The second-order valence-corrected chi connectivity index (χ2v) is 6.23. The zero-order chi connectivity index (χ0) is 18.4. The molecule has 0 amide bonds. The first-order valence-electron chi connectivity index (χ1n) is 8.97. The molecule has 3 heteroatoms. The van der Waals surface area contributed by atoms with E-state index in [0.29, 0.717) is 12.2 Å². The fourth-order valence-corrected chi connectivity index (χ4v) is 2.98. The molecule has 3 rings (SSSR count). The highest BCUT2D eigenvalue weighted by Crippen LogP contribution is 2.35. The largest absolute Gasteiger partial charge is 0.494 e. The number of ether oxygens (including phenoxy) is 1. The van der Waals surface area contributed by atoms with Crippen molar-refractivity contribution in [2.45, 2.75) is 26.2 Å². The standard InChI is InChI=1S/C23H22F2O/c1-2-3-6-15-26-18-10-7-9-17(16-18)19-11-4-5-12-20(19)21-13-8-14-22(24)23(21)25/h4-5,7-14,16H,2-3,6,15H2,1H3. The maximum Gasteiger partial charge on any atom is 0.166 e. The van der Waals surface area contributed by atoms with E-state index in [2.05, 4.69) is 6.92 Å². The lowest BCUT2D eigenvalue weighted by atomic mass is 9.94. The molecule has 134 valence electrons. The molecule has 0 aliphatic heterocycles. The smallest absolute Gasteiger partial charge is 0.166 e. The van der Waals surface area contributed by atoms with Crippen LogP contribution in [0.2, 0.25) is 0 Å². The molecule has 0 N–H and O–H groups in total. The predicted molar refractivity (Wildman–Crippen MR) is 102 cm³/mol. The van der Waals surface area contributed by atoms with Crippen molar-refractivity contribution in [3.8, 4) is 28.0 Å². The molecule has 3 aromatic rings. The second kappa shape index (κ2) is 8.61. The molecular formula is C23H22F2O. The molecule has 0 aliphatic rings. The number of benzene rings is 3. The van der Waals surface area contributed by atoms with Crippen LogP contribution in [0.5, 0.6) is 5.75 Å². The lowest BCUT2D eigenvalue weighted by Gasteiger charge is -2.13. The van der Waals surface area contributed by atoms with Crippen LogP contribution in [-0.4, -0.2) is 6.61 Å². The minimum Gasteiger partial charge on any atom is -0.494 e. The van der Waals surface area contributed by atoms with Gasteiger partial charge < -0.3 is 4.74 Å². The van der Waals surface area contributed by atoms with Gasteiger partial charge in [-0.3, -0.25) is 0 Å². The maximum atomic E-state index is 14.3.